The van der Waals surface area contributed by atoms with Crippen LogP contribution < -0.4 is 0 Å². The number of likely N-dealkylation sites (tertiary alicyclic amines) is 1. The van der Waals surface area contributed by atoms with Crippen molar-refractivity contribution in [1.29, 1.82) is 5.26 Å². The van der Waals surface area contributed by atoms with Crippen LogP contribution in [0.2, 0.25) is 0 Å². The van der Waals surface area contributed by atoms with Gasteiger partial charge in [0.25, 0.3) is 0 Å². The molecule has 1 fully saturated rings. The summed E-state index contributed by atoms with van der Waals surface area (Å²) >= 11 is 0. The molecule has 3 rings (SSSR count). The summed E-state index contributed by atoms with van der Waals surface area (Å²) in [5, 5.41) is 19.7. The number of nitrogens with zero attached hydrogens (tertiary/aromatic N) is 3. The van der Waals surface area contributed by atoms with Crippen LogP contribution in [0.15, 0.2) is 30.3 Å². The Morgan fingerprint density at radius 1 is 1.28 bits per heavy atom. The van der Waals surface area contributed by atoms with E-state index in [1.165, 1.54) is 17.7 Å². The number of hydrogen-bond acceptors (Lipinski definition) is 3. The van der Waals surface area contributed by atoms with Crippen molar-refractivity contribution in [2.45, 2.75) is 32.4 Å². The van der Waals surface area contributed by atoms with Gasteiger partial charge in [0.2, 0.25) is 0 Å². The van der Waals surface area contributed by atoms with Gasteiger partial charge >= 0.3 is 0 Å². The Hall–Kier alpha value is -2.16. The number of hydrogen-bond donors (Lipinski definition) is 1. The van der Waals surface area contributed by atoms with Gasteiger partial charge in [0, 0.05) is 19.3 Å². The monoisotopic (exact) mass is 341 g/mol. The molecule has 1 aromatic carbocycles. The Balaban J connectivity index is 1.59. The molecule has 132 valence electrons. The first-order valence-corrected chi connectivity index (χ1v) is 8.70. The minimum Gasteiger partial charge on any atom is -0.388 e. The van der Waals surface area contributed by atoms with E-state index in [9.17, 15) is 9.50 Å². The SMILES string of the molecule is Cc1c(CN2CCC(C(O)c3ccc(F)cc3)CC2)cc(C#N)n1C. The van der Waals surface area contributed by atoms with Crippen LogP contribution in [0.3, 0.4) is 0 Å². The van der Waals surface area contributed by atoms with Gasteiger partial charge in [-0.1, -0.05) is 12.1 Å². The van der Waals surface area contributed by atoms with Crippen molar-refractivity contribution in [2.75, 3.05) is 13.1 Å². The van der Waals surface area contributed by atoms with Crippen LogP contribution in [0.4, 0.5) is 4.39 Å². The van der Waals surface area contributed by atoms with Crippen molar-refractivity contribution in [1.82, 2.24) is 9.47 Å². The Kier molecular flexibility index (Phi) is 5.22. The first-order valence-electron chi connectivity index (χ1n) is 8.70. The van der Waals surface area contributed by atoms with E-state index in [2.05, 4.69) is 11.0 Å². The summed E-state index contributed by atoms with van der Waals surface area (Å²) in [6, 6.07) is 10.3. The first kappa shape index (κ1) is 17.7. The summed E-state index contributed by atoms with van der Waals surface area (Å²) in [4.78, 5) is 2.37. The normalized spacial score (nSPS) is 17.4. The molecule has 0 spiro atoms. The second-order valence-electron chi connectivity index (χ2n) is 6.92. The number of nitriles is 1. The average molecular weight is 341 g/mol. The van der Waals surface area contributed by atoms with Crippen molar-refractivity contribution < 1.29 is 9.50 Å². The molecule has 1 unspecified atom stereocenters. The van der Waals surface area contributed by atoms with Gasteiger partial charge in [-0.2, -0.15) is 5.26 Å². The maximum Gasteiger partial charge on any atom is 0.123 e. The third-order valence-electron chi connectivity index (χ3n) is 5.44. The quantitative estimate of drug-likeness (QED) is 0.928. The van der Waals surface area contributed by atoms with E-state index in [-0.39, 0.29) is 11.7 Å². The Morgan fingerprint density at radius 3 is 2.48 bits per heavy atom. The molecule has 4 nitrogen and oxygen atoms in total. The minimum atomic E-state index is -0.536. The Bertz CT molecular complexity index is 767. The first-order chi connectivity index (χ1) is 12.0. The molecule has 1 aromatic heterocycles. The lowest BCUT2D eigenvalue weighted by Crippen LogP contribution is -2.35. The molecular weight excluding hydrogens is 317 g/mol. The molecule has 0 amide bonds. The minimum absolute atomic E-state index is 0.202. The van der Waals surface area contributed by atoms with E-state index < -0.39 is 6.10 Å². The van der Waals surface area contributed by atoms with Crippen LogP contribution in [0.1, 0.15) is 41.5 Å². The molecule has 2 aromatic rings. The highest BCUT2D eigenvalue weighted by Gasteiger charge is 2.26. The molecule has 0 saturated carbocycles. The maximum atomic E-state index is 13.0. The number of aliphatic hydroxyl groups is 1. The zero-order valence-corrected chi connectivity index (χ0v) is 14.7. The summed E-state index contributed by atoms with van der Waals surface area (Å²) in [5.41, 5.74) is 3.80. The smallest absolute Gasteiger partial charge is 0.123 e. The summed E-state index contributed by atoms with van der Waals surface area (Å²) in [6.07, 6.45) is 1.29. The largest absolute Gasteiger partial charge is 0.388 e. The topological polar surface area (TPSA) is 52.2 Å². The molecular formula is C20H24FN3O. The highest BCUT2D eigenvalue weighted by atomic mass is 19.1. The Morgan fingerprint density at radius 2 is 1.92 bits per heavy atom. The lowest BCUT2D eigenvalue weighted by molar-refractivity contribution is 0.0567. The third-order valence-corrected chi connectivity index (χ3v) is 5.44. The number of halogens is 1. The molecule has 0 bridgehead atoms. The van der Waals surface area contributed by atoms with Crippen LogP contribution in [-0.4, -0.2) is 27.7 Å². The predicted octanol–water partition coefficient (Wildman–Crippen LogP) is 3.29. The van der Waals surface area contributed by atoms with E-state index >= 15 is 0 Å². The fraction of sp³-hybridized carbons (Fsp3) is 0.450. The highest BCUT2D eigenvalue weighted by molar-refractivity contribution is 5.34. The summed E-state index contributed by atoms with van der Waals surface area (Å²) in [6.45, 7) is 4.71. The van der Waals surface area contributed by atoms with Crippen molar-refractivity contribution in [2.24, 2.45) is 13.0 Å². The van der Waals surface area contributed by atoms with Crippen LogP contribution in [-0.2, 0) is 13.6 Å². The van der Waals surface area contributed by atoms with Crippen LogP contribution >= 0.6 is 0 Å². The number of benzene rings is 1. The van der Waals surface area contributed by atoms with E-state index in [0.717, 1.165) is 43.7 Å². The number of piperidine rings is 1. The summed E-state index contributed by atoms with van der Waals surface area (Å²) in [7, 11) is 1.92. The van der Waals surface area contributed by atoms with Crippen LogP contribution in [0, 0.1) is 30.0 Å². The van der Waals surface area contributed by atoms with Crippen molar-refractivity contribution in [3.63, 3.8) is 0 Å². The van der Waals surface area contributed by atoms with Gasteiger partial charge in [-0.15, -0.1) is 0 Å². The molecule has 25 heavy (non-hydrogen) atoms. The van der Waals surface area contributed by atoms with E-state index in [4.69, 9.17) is 5.26 Å². The second kappa shape index (κ2) is 7.38. The molecule has 0 radical (unpaired) electrons. The van der Waals surface area contributed by atoms with Crippen molar-refractivity contribution in [3.05, 3.63) is 58.7 Å². The molecule has 1 atom stereocenters. The van der Waals surface area contributed by atoms with Gasteiger partial charge < -0.3 is 9.67 Å². The zero-order chi connectivity index (χ0) is 18.0. The fourth-order valence-electron chi connectivity index (χ4n) is 3.63. The Labute approximate surface area is 148 Å². The number of rotatable bonds is 4. The van der Waals surface area contributed by atoms with Gasteiger partial charge in [-0.05, 0) is 68.1 Å². The lowest BCUT2D eigenvalue weighted by Gasteiger charge is -2.34. The summed E-state index contributed by atoms with van der Waals surface area (Å²) in [5.74, 6) is -0.0750. The lowest BCUT2D eigenvalue weighted by atomic mass is 9.87. The molecule has 1 N–H and O–H groups in total. The summed E-state index contributed by atoms with van der Waals surface area (Å²) < 4.78 is 15.0. The van der Waals surface area contributed by atoms with Gasteiger partial charge in [0.1, 0.15) is 17.6 Å². The van der Waals surface area contributed by atoms with E-state index in [1.54, 1.807) is 12.1 Å². The van der Waals surface area contributed by atoms with Gasteiger partial charge in [0.05, 0.1) is 6.10 Å². The van der Waals surface area contributed by atoms with E-state index in [0.29, 0.717) is 5.69 Å². The molecule has 1 aliphatic rings. The molecule has 0 aliphatic carbocycles. The van der Waals surface area contributed by atoms with Crippen molar-refractivity contribution >= 4 is 0 Å². The molecule has 5 heteroatoms. The number of aromatic nitrogens is 1. The van der Waals surface area contributed by atoms with Crippen LogP contribution in [0.25, 0.3) is 0 Å². The van der Waals surface area contributed by atoms with Crippen LogP contribution in [0.5, 0.6) is 0 Å². The second-order valence-corrected chi connectivity index (χ2v) is 6.92. The third kappa shape index (κ3) is 3.76. The van der Waals surface area contributed by atoms with Gasteiger partial charge in [0.15, 0.2) is 0 Å². The predicted molar refractivity (Wildman–Crippen MR) is 94.2 cm³/mol. The zero-order valence-electron chi connectivity index (χ0n) is 14.7. The molecule has 1 aliphatic heterocycles. The fourth-order valence-corrected chi connectivity index (χ4v) is 3.63. The molecule has 1 saturated heterocycles. The maximum absolute atomic E-state index is 13.0. The molecule has 2 heterocycles. The average Bonchev–Trinajstić information content (AvgIpc) is 2.90. The van der Waals surface area contributed by atoms with Crippen molar-refractivity contribution in [3.8, 4) is 6.07 Å². The van der Waals surface area contributed by atoms with E-state index in [1.807, 2.05) is 24.6 Å². The van der Waals surface area contributed by atoms with Gasteiger partial charge in [-0.25, -0.2) is 4.39 Å². The highest BCUT2D eigenvalue weighted by Crippen LogP contribution is 2.31. The van der Waals surface area contributed by atoms with Gasteiger partial charge in [-0.3, -0.25) is 4.90 Å². The standard InChI is InChI=1S/C20H24FN3O/c1-14-17(11-19(12-22)23(14)2)13-24-9-7-16(8-10-24)20(25)15-3-5-18(21)6-4-15/h3-6,11,16,20,25H,7-10,13H2,1-2H3. The number of aliphatic hydroxyl groups excluding tert-OH is 1.